The van der Waals surface area contributed by atoms with Gasteiger partial charge in [0, 0.05) is 47.6 Å². The van der Waals surface area contributed by atoms with Crippen LogP contribution in [-0.4, -0.2) is 19.5 Å². The van der Waals surface area contributed by atoms with E-state index >= 15 is 0 Å². The van der Waals surface area contributed by atoms with Gasteiger partial charge < -0.3 is 4.57 Å². The molecule has 0 aliphatic rings. The van der Waals surface area contributed by atoms with Gasteiger partial charge in [-0.2, -0.15) is 0 Å². The second-order valence-electron chi connectivity index (χ2n) is 13.5. The molecule has 4 nitrogen and oxygen atoms in total. The van der Waals surface area contributed by atoms with Gasteiger partial charge in [0.1, 0.15) is 0 Å². The van der Waals surface area contributed by atoms with Gasteiger partial charge in [0.05, 0.1) is 24.9 Å². The Balaban J connectivity index is 1.23. The Morgan fingerprint density at radius 2 is 0.964 bits per heavy atom. The minimum Gasteiger partial charge on any atom is -0.309 e. The first-order chi connectivity index (χ1) is 30.2. The minimum atomic E-state index is -0.180. The number of aromatic nitrogens is 4. The van der Waals surface area contributed by atoms with Crippen molar-refractivity contribution in [2.45, 2.75) is 0 Å². The van der Waals surface area contributed by atoms with Crippen LogP contribution in [0.1, 0.15) is 8.22 Å². The summed E-state index contributed by atoms with van der Waals surface area (Å²) in [6, 6.07) is 50.5. The van der Waals surface area contributed by atoms with Crippen molar-refractivity contribution >= 4 is 53.3 Å². The largest absolute Gasteiger partial charge is 0.309 e. The molecule has 0 fully saturated rings. The molecule has 0 atom stereocenters. The Hall–Kier alpha value is -7.21. The van der Waals surface area contributed by atoms with Gasteiger partial charge >= 0.3 is 0 Å². The lowest BCUT2D eigenvalue weighted by Crippen LogP contribution is -2.04. The van der Waals surface area contributed by atoms with E-state index in [4.69, 9.17) is 20.4 Å². The average Bonchev–Trinajstić information content (AvgIpc) is 3.88. The van der Waals surface area contributed by atoms with E-state index in [9.17, 15) is 2.74 Å². The van der Waals surface area contributed by atoms with Crippen LogP contribution >= 0.6 is 11.3 Å². The number of para-hydroxylation sites is 2. The van der Waals surface area contributed by atoms with Crippen molar-refractivity contribution in [1.29, 1.82) is 0 Å². The maximum absolute atomic E-state index is 9.25. The van der Waals surface area contributed by atoms with Crippen LogP contribution in [-0.2, 0) is 0 Å². The summed E-state index contributed by atoms with van der Waals surface area (Å²) in [5.74, 6) is 1.23. The summed E-state index contributed by atoms with van der Waals surface area (Å²) in [7, 11) is 0. The van der Waals surface area contributed by atoms with E-state index < -0.39 is 0 Å². The third-order valence-corrected chi connectivity index (χ3v) is 11.5. The zero-order valence-corrected chi connectivity index (χ0v) is 30.5. The zero-order valence-electron chi connectivity index (χ0n) is 35.7. The molecule has 3 aromatic heterocycles. The number of nitrogens with zero attached hydrogens (tertiary/aromatic N) is 4. The van der Waals surface area contributed by atoms with Crippen molar-refractivity contribution in [3.05, 3.63) is 194 Å². The maximum atomic E-state index is 9.25. The highest BCUT2D eigenvalue weighted by atomic mass is 32.1. The number of benzene rings is 8. The fourth-order valence-electron chi connectivity index (χ4n) is 7.59. The molecule has 3 heterocycles. The van der Waals surface area contributed by atoms with Gasteiger partial charge in [0.2, 0.25) is 0 Å². The Kier molecular flexibility index (Phi) is 6.29. The number of fused-ring (bicyclic) bond motifs is 6. The lowest BCUT2D eigenvalue weighted by molar-refractivity contribution is 1.06. The second-order valence-corrected chi connectivity index (χ2v) is 14.6. The molecule has 0 bridgehead atoms. The number of thiophene rings is 1. The van der Waals surface area contributed by atoms with E-state index in [1.54, 1.807) is 15.9 Å². The standard InChI is InChI=1S/C51H32N4S/c1-3-14-33(15-4-1)34-26-28-36(29-27-34)50-52-49(35-16-5-2-6-17-35)53-51(54-50)43-32-37(38-21-13-22-42-41-20-9-12-25-47(41)56-48(38)42)30-31-46(43)55-44-23-10-7-18-39(44)40-19-8-11-24-45(40)55/h1-32H/i7D,8D,18D,19D,23D,24D. The highest BCUT2D eigenvalue weighted by Gasteiger charge is 2.21. The predicted octanol–water partition coefficient (Wildman–Crippen LogP) is 13.7. The van der Waals surface area contributed by atoms with Crippen molar-refractivity contribution in [2.75, 3.05) is 0 Å². The van der Waals surface area contributed by atoms with Gasteiger partial charge in [-0.3, -0.25) is 0 Å². The van der Waals surface area contributed by atoms with Gasteiger partial charge in [-0.05, 0) is 52.5 Å². The van der Waals surface area contributed by atoms with Crippen LogP contribution < -0.4 is 0 Å². The molecule has 0 aliphatic carbocycles. The molecule has 262 valence electrons. The molecule has 0 radical (unpaired) electrons. The Bertz CT molecular complexity index is 3520. The molecule has 0 amide bonds. The van der Waals surface area contributed by atoms with Crippen molar-refractivity contribution in [1.82, 2.24) is 19.5 Å². The fourth-order valence-corrected chi connectivity index (χ4v) is 8.83. The van der Waals surface area contributed by atoms with E-state index in [-0.39, 0.29) is 58.1 Å². The zero-order chi connectivity index (χ0) is 42.2. The molecule has 11 aromatic rings. The highest BCUT2D eigenvalue weighted by molar-refractivity contribution is 7.26. The molecule has 0 N–H and O–H groups in total. The topological polar surface area (TPSA) is 43.6 Å². The molecular weight excluding hydrogens is 701 g/mol. The van der Waals surface area contributed by atoms with Crippen LogP contribution in [0.2, 0.25) is 0 Å². The minimum absolute atomic E-state index is 0.0487. The predicted molar refractivity (Wildman–Crippen MR) is 234 cm³/mol. The average molecular weight is 739 g/mol. The summed E-state index contributed by atoms with van der Waals surface area (Å²) in [4.78, 5) is 15.4. The third kappa shape index (κ3) is 5.40. The highest BCUT2D eigenvalue weighted by Crippen LogP contribution is 2.43. The van der Waals surface area contributed by atoms with Crippen LogP contribution in [0.3, 0.4) is 0 Å². The van der Waals surface area contributed by atoms with Crippen LogP contribution in [0.4, 0.5) is 0 Å². The van der Waals surface area contributed by atoms with E-state index in [1.807, 2.05) is 84.9 Å². The van der Waals surface area contributed by atoms with Crippen LogP contribution in [0.25, 0.3) is 104 Å². The molecular formula is C51H32N4S. The van der Waals surface area contributed by atoms with Gasteiger partial charge in [-0.1, -0.05) is 164 Å². The maximum Gasteiger partial charge on any atom is 0.166 e. The monoisotopic (exact) mass is 738 g/mol. The number of rotatable bonds is 6. The Morgan fingerprint density at radius 1 is 0.411 bits per heavy atom. The summed E-state index contributed by atoms with van der Waals surface area (Å²) < 4.78 is 57.8. The number of hydrogen-bond acceptors (Lipinski definition) is 4. The van der Waals surface area contributed by atoms with E-state index in [2.05, 4.69) is 60.7 Å². The van der Waals surface area contributed by atoms with Gasteiger partial charge in [0.25, 0.3) is 0 Å². The first-order valence-electron chi connectivity index (χ1n) is 21.3. The second kappa shape index (κ2) is 13.3. The lowest BCUT2D eigenvalue weighted by atomic mass is 9.99. The summed E-state index contributed by atoms with van der Waals surface area (Å²) in [6.45, 7) is 0. The summed E-state index contributed by atoms with van der Waals surface area (Å²) in [5.41, 5.74) is 7.17. The van der Waals surface area contributed by atoms with Crippen LogP contribution in [0, 0.1) is 0 Å². The molecule has 11 rings (SSSR count). The van der Waals surface area contributed by atoms with E-state index in [1.165, 1.54) is 22.2 Å². The molecule has 56 heavy (non-hydrogen) atoms. The molecule has 0 saturated heterocycles. The quantitative estimate of drug-likeness (QED) is 0.171. The number of hydrogen-bond donors (Lipinski definition) is 0. The smallest absolute Gasteiger partial charge is 0.166 e. The first-order valence-corrected chi connectivity index (χ1v) is 19.1. The van der Waals surface area contributed by atoms with Crippen molar-refractivity contribution in [3.8, 4) is 62.1 Å². The Labute approximate surface area is 336 Å². The molecule has 0 saturated carbocycles. The molecule has 0 spiro atoms. The van der Waals surface area contributed by atoms with Gasteiger partial charge in [-0.25, -0.2) is 15.0 Å². The van der Waals surface area contributed by atoms with E-state index in [0.717, 1.165) is 43.5 Å². The van der Waals surface area contributed by atoms with Gasteiger partial charge in [0.15, 0.2) is 17.5 Å². The summed E-state index contributed by atoms with van der Waals surface area (Å²) in [6.07, 6.45) is 0. The molecule has 5 heteroatoms. The van der Waals surface area contributed by atoms with Crippen molar-refractivity contribution in [2.24, 2.45) is 0 Å². The van der Waals surface area contributed by atoms with Crippen LogP contribution in [0.5, 0.6) is 0 Å². The summed E-state index contributed by atoms with van der Waals surface area (Å²) in [5, 5.41) is 2.67. The molecule has 0 aliphatic heterocycles. The van der Waals surface area contributed by atoms with E-state index in [0.29, 0.717) is 28.7 Å². The Morgan fingerprint density at radius 3 is 1.68 bits per heavy atom. The third-order valence-electron chi connectivity index (χ3n) is 10.2. The van der Waals surface area contributed by atoms with Gasteiger partial charge in [-0.15, -0.1) is 11.3 Å². The SMILES string of the molecule is [2H]c1cc([2H])c2c(c1[2H])c1c([2H])c([2H])cc([2H])c1n2-c1ccc(-c2cccc3c2sc2ccccc23)cc1-c1nc(-c2ccccc2)nc(-c2ccc(-c3ccccc3)cc2)n1. The molecule has 8 aromatic carbocycles. The van der Waals surface area contributed by atoms with Crippen LogP contribution in [0.15, 0.2) is 194 Å². The normalized spacial score (nSPS) is 13.1. The van der Waals surface area contributed by atoms with Crippen molar-refractivity contribution in [3.63, 3.8) is 0 Å². The summed E-state index contributed by atoms with van der Waals surface area (Å²) >= 11 is 1.73. The fraction of sp³-hybridized carbons (Fsp3) is 0. The first kappa shape index (κ1) is 26.5. The lowest BCUT2D eigenvalue weighted by Gasteiger charge is -2.16. The van der Waals surface area contributed by atoms with Crippen molar-refractivity contribution < 1.29 is 8.22 Å². The molecule has 0 unspecified atom stereocenters.